The van der Waals surface area contributed by atoms with Gasteiger partial charge in [0.25, 0.3) is 5.56 Å². The molecule has 2 rings (SSSR count). The van der Waals surface area contributed by atoms with Crippen LogP contribution in [0.15, 0.2) is 27.9 Å². The quantitative estimate of drug-likeness (QED) is 0.842. The molecule has 0 unspecified atom stereocenters. The largest absolute Gasteiger partial charge is 0.292 e. The van der Waals surface area contributed by atoms with Crippen molar-refractivity contribution in [3.05, 3.63) is 44.8 Å². The second kappa shape index (κ2) is 6.35. The summed E-state index contributed by atoms with van der Waals surface area (Å²) in [4.78, 5) is 16.3. The molecule has 5 nitrogen and oxygen atoms in total. The Morgan fingerprint density at radius 1 is 1.35 bits per heavy atom. The summed E-state index contributed by atoms with van der Waals surface area (Å²) < 4.78 is 4.06. The van der Waals surface area contributed by atoms with Gasteiger partial charge in [-0.1, -0.05) is 13.8 Å². The van der Waals surface area contributed by atoms with Crippen LogP contribution in [0.2, 0.25) is 0 Å². The Labute approximate surface area is 126 Å². The highest BCUT2D eigenvalue weighted by atomic mass is 79.9. The number of hydrogen-bond donors (Lipinski definition) is 0. The van der Waals surface area contributed by atoms with Gasteiger partial charge < -0.3 is 0 Å². The van der Waals surface area contributed by atoms with Crippen LogP contribution >= 0.6 is 15.9 Å². The lowest BCUT2D eigenvalue weighted by molar-refractivity contribution is 0.424. The molecule has 0 amide bonds. The lowest BCUT2D eigenvalue weighted by atomic mass is 10.2. The van der Waals surface area contributed by atoms with Crippen molar-refractivity contribution < 1.29 is 0 Å². The zero-order chi connectivity index (χ0) is 14.7. The fraction of sp³-hybridized carbons (Fsp3) is 0.500. The molecule has 0 aliphatic rings. The molecule has 0 aliphatic carbocycles. The topological polar surface area (TPSA) is 52.7 Å². The van der Waals surface area contributed by atoms with E-state index in [-0.39, 0.29) is 5.56 Å². The van der Waals surface area contributed by atoms with Crippen LogP contribution in [-0.4, -0.2) is 19.3 Å². The molecule has 20 heavy (non-hydrogen) atoms. The minimum absolute atomic E-state index is 0.0745. The van der Waals surface area contributed by atoms with Crippen LogP contribution in [0.25, 0.3) is 0 Å². The highest BCUT2D eigenvalue weighted by Crippen LogP contribution is 2.15. The number of hydrogen-bond acceptors (Lipinski definition) is 3. The molecule has 0 radical (unpaired) electrons. The van der Waals surface area contributed by atoms with Crippen molar-refractivity contribution in [1.29, 1.82) is 0 Å². The van der Waals surface area contributed by atoms with Crippen LogP contribution in [0.5, 0.6) is 0 Å². The smallest absolute Gasteiger partial charge is 0.268 e. The third kappa shape index (κ3) is 3.00. The fourth-order valence-electron chi connectivity index (χ4n) is 2.16. The molecule has 0 aliphatic heterocycles. The van der Waals surface area contributed by atoms with Gasteiger partial charge in [-0.2, -0.15) is 5.10 Å². The van der Waals surface area contributed by atoms with Crippen LogP contribution in [-0.2, 0) is 6.54 Å². The van der Waals surface area contributed by atoms with Gasteiger partial charge in [-0.25, -0.2) is 4.98 Å². The predicted molar refractivity (Wildman–Crippen MR) is 81.9 cm³/mol. The molecule has 2 aromatic heterocycles. The molecule has 0 spiro atoms. The SMILES string of the molecule is CCC(CC)n1ccc(Cn2cnc(C)c(Br)c2=O)n1. The summed E-state index contributed by atoms with van der Waals surface area (Å²) in [6, 6.07) is 2.38. The third-order valence-corrected chi connectivity index (χ3v) is 4.38. The molecule has 0 atom stereocenters. The van der Waals surface area contributed by atoms with E-state index in [1.807, 2.05) is 16.9 Å². The highest BCUT2D eigenvalue weighted by molar-refractivity contribution is 9.10. The van der Waals surface area contributed by atoms with E-state index >= 15 is 0 Å². The predicted octanol–water partition coefficient (Wildman–Crippen LogP) is 2.92. The van der Waals surface area contributed by atoms with Gasteiger partial charge in [-0.05, 0) is 41.8 Å². The summed E-state index contributed by atoms with van der Waals surface area (Å²) in [5.41, 5.74) is 1.50. The number of nitrogens with zero attached hydrogens (tertiary/aromatic N) is 4. The summed E-state index contributed by atoms with van der Waals surface area (Å²) in [7, 11) is 0. The molecular formula is C14H19BrN4O. The van der Waals surface area contributed by atoms with Gasteiger partial charge in [-0.3, -0.25) is 14.0 Å². The Morgan fingerprint density at radius 3 is 2.70 bits per heavy atom. The minimum atomic E-state index is -0.0745. The monoisotopic (exact) mass is 338 g/mol. The first-order valence-corrected chi connectivity index (χ1v) is 7.61. The number of aryl methyl sites for hydroxylation is 1. The molecule has 0 bridgehead atoms. The van der Waals surface area contributed by atoms with E-state index in [0.717, 1.165) is 18.5 Å². The average molecular weight is 339 g/mol. The third-order valence-electron chi connectivity index (χ3n) is 3.47. The van der Waals surface area contributed by atoms with Gasteiger partial charge in [0.1, 0.15) is 4.47 Å². The Morgan fingerprint density at radius 2 is 2.05 bits per heavy atom. The molecule has 0 saturated carbocycles. The zero-order valence-corrected chi connectivity index (χ0v) is 13.6. The Hall–Kier alpha value is -1.43. The Bertz CT molecular complexity index is 643. The normalized spacial score (nSPS) is 11.2. The van der Waals surface area contributed by atoms with E-state index in [1.165, 1.54) is 0 Å². The van der Waals surface area contributed by atoms with E-state index in [4.69, 9.17) is 0 Å². The van der Waals surface area contributed by atoms with Crippen LogP contribution in [0.1, 0.15) is 44.1 Å². The summed E-state index contributed by atoms with van der Waals surface area (Å²) >= 11 is 3.27. The van der Waals surface area contributed by atoms with E-state index in [2.05, 4.69) is 39.9 Å². The average Bonchev–Trinajstić information content (AvgIpc) is 2.89. The van der Waals surface area contributed by atoms with E-state index in [9.17, 15) is 4.79 Å². The molecule has 0 saturated heterocycles. The fourth-order valence-corrected chi connectivity index (χ4v) is 2.49. The van der Waals surface area contributed by atoms with Gasteiger partial charge in [0.2, 0.25) is 0 Å². The summed E-state index contributed by atoms with van der Waals surface area (Å²) in [6.45, 7) is 6.55. The van der Waals surface area contributed by atoms with E-state index in [0.29, 0.717) is 22.8 Å². The maximum atomic E-state index is 12.1. The number of aromatic nitrogens is 4. The first-order valence-electron chi connectivity index (χ1n) is 6.82. The van der Waals surface area contributed by atoms with Crippen molar-refractivity contribution in [2.24, 2.45) is 0 Å². The lowest BCUT2D eigenvalue weighted by Crippen LogP contribution is -2.23. The van der Waals surface area contributed by atoms with Gasteiger partial charge in [0.15, 0.2) is 0 Å². The van der Waals surface area contributed by atoms with Gasteiger partial charge in [0.05, 0.1) is 30.3 Å². The summed E-state index contributed by atoms with van der Waals surface area (Å²) in [5, 5.41) is 4.55. The lowest BCUT2D eigenvalue weighted by Gasteiger charge is -2.12. The van der Waals surface area contributed by atoms with Gasteiger partial charge in [-0.15, -0.1) is 0 Å². The van der Waals surface area contributed by atoms with Crippen molar-refractivity contribution in [3.8, 4) is 0 Å². The Kier molecular flexibility index (Phi) is 4.75. The molecule has 0 N–H and O–H groups in total. The van der Waals surface area contributed by atoms with E-state index < -0.39 is 0 Å². The minimum Gasteiger partial charge on any atom is -0.292 e. The van der Waals surface area contributed by atoms with Crippen LogP contribution in [0.4, 0.5) is 0 Å². The van der Waals surface area contributed by atoms with Gasteiger partial charge in [0, 0.05) is 6.20 Å². The molecular weight excluding hydrogens is 320 g/mol. The molecule has 2 aromatic rings. The second-order valence-corrected chi connectivity index (χ2v) is 5.63. The van der Waals surface area contributed by atoms with E-state index in [1.54, 1.807) is 17.8 Å². The van der Waals surface area contributed by atoms with Crippen LogP contribution in [0, 0.1) is 6.92 Å². The molecule has 108 valence electrons. The second-order valence-electron chi connectivity index (χ2n) is 4.83. The van der Waals surface area contributed by atoms with Crippen molar-refractivity contribution in [1.82, 2.24) is 19.3 Å². The summed E-state index contributed by atoms with van der Waals surface area (Å²) in [5.74, 6) is 0. The van der Waals surface area contributed by atoms with Crippen molar-refractivity contribution in [2.75, 3.05) is 0 Å². The first-order chi connectivity index (χ1) is 9.56. The van der Waals surface area contributed by atoms with Crippen molar-refractivity contribution in [2.45, 2.75) is 46.2 Å². The van der Waals surface area contributed by atoms with Crippen molar-refractivity contribution in [3.63, 3.8) is 0 Å². The highest BCUT2D eigenvalue weighted by Gasteiger charge is 2.10. The number of rotatable bonds is 5. The molecule has 0 aromatic carbocycles. The number of halogens is 1. The molecule has 2 heterocycles. The van der Waals surface area contributed by atoms with Crippen LogP contribution < -0.4 is 5.56 Å². The Balaban J connectivity index is 2.23. The van der Waals surface area contributed by atoms with Crippen molar-refractivity contribution >= 4 is 15.9 Å². The maximum Gasteiger partial charge on any atom is 0.268 e. The van der Waals surface area contributed by atoms with Crippen LogP contribution in [0.3, 0.4) is 0 Å². The van der Waals surface area contributed by atoms with Gasteiger partial charge >= 0.3 is 0 Å². The maximum absolute atomic E-state index is 12.1. The zero-order valence-electron chi connectivity index (χ0n) is 12.0. The summed E-state index contributed by atoms with van der Waals surface area (Å²) in [6.07, 6.45) is 5.65. The molecule has 0 fully saturated rings. The standard InChI is InChI=1S/C14H19BrN4O/c1-4-12(5-2)19-7-6-11(17-19)8-18-9-16-10(3)13(15)14(18)20/h6-7,9,12H,4-5,8H2,1-3H3. The first kappa shape index (κ1) is 15.0. The molecule has 6 heteroatoms.